The van der Waals surface area contributed by atoms with E-state index in [1.807, 2.05) is 6.92 Å². The zero-order valence-corrected chi connectivity index (χ0v) is 12.6. The second kappa shape index (κ2) is 6.09. The molecule has 108 valence electrons. The lowest BCUT2D eigenvalue weighted by Crippen LogP contribution is -2.37. The molecule has 1 aliphatic heterocycles. The molecule has 2 rings (SSSR count). The van der Waals surface area contributed by atoms with Crippen LogP contribution in [0.25, 0.3) is 0 Å². The van der Waals surface area contributed by atoms with E-state index in [1.54, 1.807) is 25.1 Å². The molecular formula is C12H19ClN2O3S. The number of nitrogens with two attached hydrogens (primary N) is 1. The highest BCUT2D eigenvalue weighted by Gasteiger charge is 2.23. The summed E-state index contributed by atoms with van der Waals surface area (Å²) in [5.74, 6) is 0.772. The fourth-order valence-corrected chi connectivity index (χ4v) is 3.25. The molecule has 1 aromatic rings. The SMILES string of the molecule is CC1Cc2cc(S(=O)(=O)N[C@@H](C)CN)ccc2O1.Cl. The van der Waals surface area contributed by atoms with E-state index in [9.17, 15) is 8.42 Å². The van der Waals surface area contributed by atoms with Crippen LogP contribution < -0.4 is 15.2 Å². The molecule has 1 aliphatic rings. The zero-order valence-electron chi connectivity index (χ0n) is 10.9. The molecule has 7 heteroatoms. The van der Waals surface area contributed by atoms with Crippen LogP contribution in [0.2, 0.25) is 0 Å². The molecule has 5 nitrogen and oxygen atoms in total. The Balaban J connectivity index is 0.00000180. The standard InChI is InChI=1S/C12H18N2O3S.ClH/c1-8(7-13)14-18(15,16)11-3-4-12-10(6-11)5-9(2)17-12;/h3-4,6,8-9,14H,5,7,13H2,1-2H3;1H/t8-,9?;/m0./s1. The van der Waals surface area contributed by atoms with Gasteiger partial charge in [0.1, 0.15) is 11.9 Å². The van der Waals surface area contributed by atoms with E-state index in [-0.39, 0.29) is 36.0 Å². The second-order valence-electron chi connectivity index (χ2n) is 4.66. The van der Waals surface area contributed by atoms with Crippen LogP contribution in [0, 0.1) is 0 Å². The van der Waals surface area contributed by atoms with E-state index < -0.39 is 10.0 Å². The lowest BCUT2D eigenvalue weighted by Gasteiger charge is -2.12. The third-order valence-electron chi connectivity index (χ3n) is 2.89. The average molecular weight is 307 g/mol. The van der Waals surface area contributed by atoms with E-state index in [0.717, 1.165) is 17.7 Å². The Labute approximate surface area is 120 Å². The van der Waals surface area contributed by atoms with Crippen LogP contribution in [-0.4, -0.2) is 27.1 Å². The Hall–Kier alpha value is -0.820. The quantitative estimate of drug-likeness (QED) is 0.871. The maximum absolute atomic E-state index is 12.1. The van der Waals surface area contributed by atoms with Crippen molar-refractivity contribution >= 4 is 22.4 Å². The molecule has 2 atom stereocenters. The highest BCUT2D eigenvalue weighted by molar-refractivity contribution is 7.89. The monoisotopic (exact) mass is 306 g/mol. The number of hydrogen-bond donors (Lipinski definition) is 2. The third kappa shape index (κ3) is 3.60. The summed E-state index contributed by atoms with van der Waals surface area (Å²) in [6.07, 6.45) is 0.847. The number of benzene rings is 1. The summed E-state index contributed by atoms with van der Waals surface area (Å²) in [7, 11) is -3.50. The van der Waals surface area contributed by atoms with Crippen LogP contribution in [0.5, 0.6) is 5.75 Å². The summed E-state index contributed by atoms with van der Waals surface area (Å²) in [6.45, 7) is 3.96. The Kier molecular flexibility index (Phi) is 5.20. The lowest BCUT2D eigenvalue weighted by molar-refractivity contribution is 0.254. The lowest BCUT2D eigenvalue weighted by atomic mass is 10.1. The number of nitrogens with one attached hydrogen (secondary N) is 1. The van der Waals surface area contributed by atoms with Crippen LogP contribution >= 0.6 is 12.4 Å². The van der Waals surface area contributed by atoms with Crippen molar-refractivity contribution in [2.45, 2.75) is 37.3 Å². The van der Waals surface area contributed by atoms with Gasteiger partial charge < -0.3 is 10.5 Å². The molecule has 1 heterocycles. The molecule has 0 aliphatic carbocycles. The second-order valence-corrected chi connectivity index (χ2v) is 6.37. The number of halogens is 1. The number of sulfonamides is 1. The molecule has 0 bridgehead atoms. The van der Waals surface area contributed by atoms with Crippen molar-refractivity contribution in [3.05, 3.63) is 23.8 Å². The molecule has 0 radical (unpaired) electrons. The minimum Gasteiger partial charge on any atom is -0.490 e. The molecule has 1 aromatic carbocycles. The summed E-state index contributed by atoms with van der Waals surface area (Å²) in [4.78, 5) is 0.263. The van der Waals surface area contributed by atoms with Crippen molar-refractivity contribution in [3.63, 3.8) is 0 Å². The number of rotatable bonds is 4. The van der Waals surface area contributed by atoms with Gasteiger partial charge in [-0.25, -0.2) is 13.1 Å². The predicted molar refractivity (Wildman–Crippen MR) is 76.3 cm³/mol. The van der Waals surface area contributed by atoms with Gasteiger partial charge in [-0.15, -0.1) is 12.4 Å². The van der Waals surface area contributed by atoms with Gasteiger partial charge >= 0.3 is 0 Å². The van der Waals surface area contributed by atoms with Gasteiger partial charge in [0.25, 0.3) is 0 Å². The van der Waals surface area contributed by atoms with Crippen LogP contribution in [0.3, 0.4) is 0 Å². The third-order valence-corrected chi connectivity index (χ3v) is 4.47. The van der Waals surface area contributed by atoms with Crippen molar-refractivity contribution in [1.29, 1.82) is 0 Å². The van der Waals surface area contributed by atoms with Gasteiger partial charge in [-0.3, -0.25) is 0 Å². The van der Waals surface area contributed by atoms with Gasteiger partial charge in [0.15, 0.2) is 0 Å². The molecule has 19 heavy (non-hydrogen) atoms. The van der Waals surface area contributed by atoms with Gasteiger partial charge in [0.2, 0.25) is 10.0 Å². The molecule has 0 amide bonds. The first kappa shape index (κ1) is 16.2. The van der Waals surface area contributed by atoms with E-state index in [1.165, 1.54) is 0 Å². The predicted octanol–water partition coefficient (Wildman–Crippen LogP) is 1.06. The molecule has 0 spiro atoms. The van der Waals surface area contributed by atoms with Crippen LogP contribution in [0.4, 0.5) is 0 Å². The fourth-order valence-electron chi connectivity index (χ4n) is 1.95. The average Bonchev–Trinajstić information content (AvgIpc) is 2.67. The van der Waals surface area contributed by atoms with E-state index >= 15 is 0 Å². The summed E-state index contributed by atoms with van der Waals surface area (Å²) in [5.41, 5.74) is 6.35. The first-order chi connectivity index (χ1) is 8.42. The van der Waals surface area contributed by atoms with E-state index in [0.29, 0.717) is 0 Å². The fraction of sp³-hybridized carbons (Fsp3) is 0.500. The van der Waals surface area contributed by atoms with Gasteiger partial charge in [-0.1, -0.05) is 0 Å². The summed E-state index contributed by atoms with van der Waals surface area (Å²) in [6, 6.07) is 4.66. The van der Waals surface area contributed by atoms with Gasteiger partial charge in [0, 0.05) is 19.0 Å². The molecule has 0 aromatic heterocycles. The van der Waals surface area contributed by atoms with Gasteiger partial charge in [0.05, 0.1) is 4.90 Å². The number of hydrogen-bond acceptors (Lipinski definition) is 4. The van der Waals surface area contributed by atoms with Crippen molar-refractivity contribution in [2.24, 2.45) is 5.73 Å². The summed E-state index contributed by atoms with van der Waals surface area (Å²) in [5, 5.41) is 0. The zero-order chi connectivity index (χ0) is 13.3. The van der Waals surface area contributed by atoms with Crippen LogP contribution in [0.15, 0.2) is 23.1 Å². The Morgan fingerprint density at radius 3 is 2.84 bits per heavy atom. The van der Waals surface area contributed by atoms with Crippen molar-refractivity contribution in [3.8, 4) is 5.75 Å². The van der Waals surface area contributed by atoms with Crippen LogP contribution in [0.1, 0.15) is 19.4 Å². The Morgan fingerprint density at radius 2 is 2.21 bits per heavy atom. The first-order valence-electron chi connectivity index (χ1n) is 5.94. The molecule has 0 fully saturated rings. The molecule has 1 unspecified atom stereocenters. The molecular weight excluding hydrogens is 288 g/mol. The molecule has 0 saturated heterocycles. The largest absolute Gasteiger partial charge is 0.490 e. The highest BCUT2D eigenvalue weighted by Crippen LogP contribution is 2.30. The summed E-state index contributed by atoms with van der Waals surface area (Å²) >= 11 is 0. The maximum Gasteiger partial charge on any atom is 0.240 e. The topological polar surface area (TPSA) is 81.4 Å². The first-order valence-corrected chi connectivity index (χ1v) is 7.42. The maximum atomic E-state index is 12.1. The van der Waals surface area contributed by atoms with Gasteiger partial charge in [-0.2, -0.15) is 0 Å². The Bertz CT molecular complexity index is 548. The van der Waals surface area contributed by atoms with E-state index in [4.69, 9.17) is 10.5 Å². The molecule has 0 saturated carbocycles. The van der Waals surface area contributed by atoms with Crippen LogP contribution in [-0.2, 0) is 16.4 Å². The van der Waals surface area contributed by atoms with Gasteiger partial charge in [-0.05, 0) is 37.6 Å². The highest BCUT2D eigenvalue weighted by atomic mass is 35.5. The number of fused-ring (bicyclic) bond motifs is 1. The normalized spacial score (nSPS) is 19.2. The minimum atomic E-state index is -3.50. The summed E-state index contributed by atoms with van der Waals surface area (Å²) < 4.78 is 32.2. The van der Waals surface area contributed by atoms with Crippen molar-refractivity contribution in [2.75, 3.05) is 6.54 Å². The Morgan fingerprint density at radius 1 is 1.53 bits per heavy atom. The van der Waals surface area contributed by atoms with E-state index in [2.05, 4.69) is 4.72 Å². The number of ether oxygens (including phenoxy) is 1. The minimum absolute atomic E-state index is 0. The van der Waals surface area contributed by atoms with Crippen molar-refractivity contribution in [1.82, 2.24) is 4.72 Å². The molecule has 3 N–H and O–H groups in total. The smallest absolute Gasteiger partial charge is 0.240 e. The van der Waals surface area contributed by atoms with Crippen molar-refractivity contribution < 1.29 is 13.2 Å².